The lowest BCUT2D eigenvalue weighted by atomic mass is 10.1. The van der Waals surface area contributed by atoms with Gasteiger partial charge in [-0.05, 0) is 42.2 Å². The minimum atomic E-state index is 0.398. The van der Waals surface area contributed by atoms with Crippen molar-refractivity contribution in [2.24, 2.45) is 0 Å². The van der Waals surface area contributed by atoms with Crippen LogP contribution in [0.15, 0.2) is 36.5 Å². The second kappa shape index (κ2) is 7.09. The average Bonchev–Trinajstić information content (AvgIpc) is 3.03. The first-order valence-electron chi connectivity index (χ1n) is 8.59. The van der Waals surface area contributed by atoms with Gasteiger partial charge in [0.1, 0.15) is 5.82 Å². The summed E-state index contributed by atoms with van der Waals surface area (Å²) in [5, 5.41) is 4.54. The van der Waals surface area contributed by atoms with Crippen LogP contribution in [0.25, 0.3) is 0 Å². The SMILES string of the molecule is Clc1ccc2c(c1)CC[C@@H]2NCc1cccnc1N1CCOCC1. The van der Waals surface area contributed by atoms with Gasteiger partial charge in [-0.1, -0.05) is 23.7 Å². The molecule has 1 aromatic carbocycles. The summed E-state index contributed by atoms with van der Waals surface area (Å²) in [6, 6.07) is 10.8. The third-order valence-corrected chi connectivity index (χ3v) is 5.13. The Morgan fingerprint density at radius 1 is 1.25 bits per heavy atom. The van der Waals surface area contributed by atoms with Gasteiger partial charge >= 0.3 is 0 Å². The molecule has 1 aromatic heterocycles. The van der Waals surface area contributed by atoms with E-state index in [0.717, 1.165) is 56.5 Å². The van der Waals surface area contributed by atoms with Gasteiger partial charge in [0.05, 0.1) is 13.2 Å². The molecule has 1 N–H and O–H groups in total. The van der Waals surface area contributed by atoms with Gasteiger partial charge in [-0.3, -0.25) is 0 Å². The highest BCUT2D eigenvalue weighted by atomic mass is 35.5. The first-order chi connectivity index (χ1) is 11.8. The van der Waals surface area contributed by atoms with Crippen molar-refractivity contribution in [1.29, 1.82) is 0 Å². The van der Waals surface area contributed by atoms with E-state index in [4.69, 9.17) is 16.3 Å². The minimum absolute atomic E-state index is 0.398. The van der Waals surface area contributed by atoms with Crippen LogP contribution < -0.4 is 10.2 Å². The van der Waals surface area contributed by atoms with Crippen molar-refractivity contribution in [1.82, 2.24) is 10.3 Å². The van der Waals surface area contributed by atoms with Gasteiger partial charge in [0.2, 0.25) is 0 Å². The lowest BCUT2D eigenvalue weighted by Crippen LogP contribution is -2.37. The van der Waals surface area contributed by atoms with Gasteiger partial charge in [-0.2, -0.15) is 0 Å². The van der Waals surface area contributed by atoms with E-state index >= 15 is 0 Å². The van der Waals surface area contributed by atoms with Gasteiger partial charge in [0.25, 0.3) is 0 Å². The molecular formula is C19H22ClN3O. The Bertz CT molecular complexity index is 716. The molecule has 1 saturated heterocycles. The number of morpholine rings is 1. The lowest BCUT2D eigenvalue weighted by molar-refractivity contribution is 0.122. The largest absolute Gasteiger partial charge is 0.378 e. The fourth-order valence-electron chi connectivity index (χ4n) is 3.66. The standard InChI is InChI=1S/C19H22ClN3O/c20-16-4-5-17-14(12-16)3-6-18(17)22-13-15-2-1-7-21-19(15)23-8-10-24-11-9-23/h1-2,4-5,7,12,18,22H,3,6,8-11,13H2/t18-/m0/s1. The minimum Gasteiger partial charge on any atom is -0.378 e. The van der Waals surface area contributed by atoms with Crippen LogP contribution in [0.5, 0.6) is 0 Å². The van der Waals surface area contributed by atoms with E-state index in [0.29, 0.717) is 6.04 Å². The molecule has 2 aromatic rings. The van der Waals surface area contributed by atoms with Crippen molar-refractivity contribution < 1.29 is 4.74 Å². The molecule has 1 atom stereocenters. The highest BCUT2D eigenvalue weighted by Crippen LogP contribution is 2.33. The molecule has 4 rings (SSSR count). The number of hydrogen-bond donors (Lipinski definition) is 1. The molecule has 5 heteroatoms. The number of hydrogen-bond acceptors (Lipinski definition) is 4. The number of fused-ring (bicyclic) bond motifs is 1. The molecule has 0 radical (unpaired) electrons. The summed E-state index contributed by atoms with van der Waals surface area (Å²) in [5.74, 6) is 1.09. The summed E-state index contributed by atoms with van der Waals surface area (Å²) in [6.45, 7) is 4.21. The van der Waals surface area contributed by atoms with E-state index in [-0.39, 0.29) is 0 Å². The van der Waals surface area contributed by atoms with E-state index in [1.807, 2.05) is 18.3 Å². The van der Waals surface area contributed by atoms with Crippen molar-refractivity contribution in [3.63, 3.8) is 0 Å². The summed E-state index contributed by atoms with van der Waals surface area (Å²) >= 11 is 6.11. The third-order valence-electron chi connectivity index (χ3n) is 4.90. The number of nitrogens with one attached hydrogen (secondary N) is 1. The molecule has 24 heavy (non-hydrogen) atoms. The second-order valence-corrected chi connectivity index (χ2v) is 6.84. The molecule has 1 fully saturated rings. The van der Waals surface area contributed by atoms with Gasteiger partial charge in [-0.15, -0.1) is 0 Å². The number of nitrogens with zero attached hydrogens (tertiary/aromatic N) is 2. The molecule has 1 aliphatic heterocycles. The van der Waals surface area contributed by atoms with E-state index in [1.165, 1.54) is 16.7 Å². The smallest absolute Gasteiger partial charge is 0.133 e. The van der Waals surface area contributed by atoms with Crippen molar-refractivity contribution in [2.45, 2.75) is 25.4 Å². The second-order valence-electron chi connectivity index (χ2n) is 6.40. The first kappa shape index (κ1) is 15.9. The Morgan fingerprint density at radius 3 is 3.00 bits per heavy atom. The molecule has 0 amide bonds. The molecule has 2 heterocycles. The normalized spacial score (nSPS) is 20.2. The lowest BCUT2D eigenvalue weighted by Gasteiger charge is -2.29. The molecule has 126 valence electrons. The zero-order chi connectivity index (χ0) is 16.4. The first-order valence-corrected chi connectivity index (χ1v) is 8.97. The van der Waals surface area contributed by atoms with Crippen molar-refractivity contribution in [2.75, 3.05) is 31.2 Å². The molecule has 4 nitrogen and oxygen atoms in total. The maximum atomic E-state index is 6.11. The van der Waals surface area contributed by atoms with Crippen LogP contribution in [-0.4, -0.2) is 31.3 Å². The maximum absolute atomic E-state index is 6.11. The Balaban J connectivity index is 1.47. The average molecular weight is 344 g/mol. The fourth-order valence-corrected chi connectivity index (χ4v) is 3.85. The summed E-state index contributed by atoms with van der Waals surface area (Å²) in [7, 11) is 0. The Kier molecular flexibility index (Phi) is 4.69. The number of aromatic nitrogens is 1. The molecule has 0 unspecified atom stereocenters. The predicted molar refractivity (Wildman–Crippen MR) is 96.6 cm³/mol. The predicted octanol–water partition coefficient (Wildman–Crippen LogP) is 3.35. The van der Waals surface area contributed by atoms with E-state index in [9.17, 15) is 0 Å². The Hall–Kier alpha value is -1.62. The highest BCUT2D eigenvalue weighted by molar-refractivity contribution is 6.30. The Morgan fingerprint density at radius 2 is 2.12 bits per heavy atom. The molecule has 0 bridgehead atoms. The topological polar surface area (TPSA) is 37.4 Å². The number of anilines is 1. The van der Waals surface area contributed by atoms with Crippen LogP contribution in [0, 0.1) is 0 Å². The zero-order valence-corrected chi connectivity index (χ0v) is 14.4. The fraction of sp³-hybridized carbons (Fsp3) is 0.421. The Labute approximate surface area is 147 Å². The number of benzene rings is 1. The van der Waals surface area contributed by atoms with E-state index in [1.54, 1.807) is 0 Å². The zero-order valence-electron chi connectivity index (χ0n) is 13.7. The summed E-state index contributed by atoms with van der Waals surface area (Å²) < 4.78 is 5.46. The van der Waals surface area contributed by atoms with Crippen LogP contribution in [0.4, 0.5) is 5.82 Å². The summed E-state index contributed by atoms with van der Waals surface area (Å²) in [6.07, 6.45) is 4.10. The quantitative estimate of drug-likeness (QED) is 0.923. The van der Waals surface area contributed by atoms with Gasteiger partial charge in [0.15, 0.2) is 0 Å². The van der Waals surface area contributed by atoms with Crippen molar-refractivity contribution in [3.05, 3.63) is 58.2 Å². The third kappa shape index (κ3) is 3.27. The molecule has 0 spiro atoms. The van der Waals surface area contributed by atoms with Crippen molar-refractivity contribution >= 4 is 17.4 Å². The van der Waals surface area contributed by atoms with E-state index < -0.39 is 0 Å². The number of pyridine rings is 1. The highest BCUT2D eigenvalue weighted by Gasteiger charge is 2.23. The van der Waals surface area contributed by atoms with Crippen molar-refractivity contribution in [3.8, 4) is 0 Å². The molecule has 2 aliphatic rings. The number of rotatable bonds is 4. The number of halogens is 1. The number of aryl methyl sites for hydroxylation is 1. The van der Waals surface area contributed by atoms with Crippen LogP contribution in [-0.2, 0) is 17.7 Å². The molecule has 1 aliphatic carbocycles. The molecular weight excluding hydrogens is 322 g/mol. The monoisotopic (exact) mass is 343 g/mol. The van der Waals surface area contributed by atoms with E-state index in [2.05, 4.69) is 33.4 Å². The molecule has 0 saturated carbocycles. The number of ether oxygens (including phenoxy) is 1. The van der Waals surface area contributed by atoms with Crippen LogP contribution in [0.3, 0.4) is 0 Å². The van der Waals surface area contributed by atoms with Crippen LogP contribution in [0.2, 0.25) is 5.02 Å². The van der Waals surface area contributed by atoms with Gasteiger partial charge in [-0.25, -0.2) is 4.98 Å². The van der Waals surface area contributed by atoms with Crippen LogP contribution in [0.1, 0.15) is 29.2 Å². The summed E-state index contributed by atoms with van der Waals surface area (Å²) in [4.78, 5) is 6.94. The summed E-state index contributed by atoms with van der Waals surface area (Å²) in [5.41, 5.74) is 4.01. The maximum Gasteiger partial charge on any atom is 0.133 e. The van der Waals surface area contributed by atoms with Crippen LogP contribution >= 0.6 is 11.6 Å². The van der Waals surface area contributed by atoms with Gasteiger partial charge in [0, 0.05) is 42.5 Å². The van der Waals surface area contributed by atoms with Gasteiger partial charge < -0.3 is 15.0 Å².